The average molecular weight is 462 g/mol. The number of nitrogens with zero attached hydrogens (tertiary/aromatic N) is 1. The van der Waals surface area contributed by atoms with Crippen molar-refractivity contribution in [1.29, 1.82) is 0 Å². The molecule has 0 saturated carbocycles. The summed E-state index contributed by atoms with van der Waals surface area (Å²) in [5, 5.41) is 5.44. The summed E-state index contributed by atoms with van der Waals surface area (Å²) in [5.41, 5.74) is 0.0968. The van der Waals surface area contributed by atoms with Crippen LogP contribution in [0.25, 0.3) is 0 Å². The highest BCUT2D eigenvalue weighted by molar-refractivity contribution is 7.89. The number of halogens is 1. The van der Waals surface area contributed by atoms with E-state index in [4.69, 9.17) is 4.74 Å². The van der Waals surface area contributed by atoms with E-state index in [1.807, 2.05) is 0 Å². The van der Waals surface area contributed by atoms with E-state index in [0.29, 0.717) is 37.3 Å². The standard InChI is InChI=1S/C22H24FN3O5S/c23-17-6-4-16(5-7-17)22(8-12-31-13-9-22)21(28)25-18-2-1-3-19(14-18)32(29,30)26-11-10-24-20(27)15-26/h1-7,14H,8-13,15H2,(H,24,27)(H,25,28). The third-order valence-corrected chi connectivity index (χ3v) is 7.75. The van der Waals surface area contributed by atoms with Crippen molar-refractivity contribution in [2.24, 2.45) is 0 Å². The molecule has 0 spiro atoms. The molecule has 2 heterocycles. The number of benzene rings is 2. The number of amides is 2. The summed E-state index contributed by atoms with van der Waals surface area (Å²) in [7, 11) is -3.89. The predicted molar refractivity (Wildman–Crippen MR) is 115 cm³/mol. The molecule has 0 radical (unpaired) electrons. The second kappa shape index (κ2) is 8.97. The Balaban J connectivity index is 1.60. The number of carbonyl (C=O) groups excluding carboxylic acids is 2. The lowest BCUT2D eigenvalue weighted by Gasteiger charge is -2.36. The number of hydrogen-bond donors (Lipinski definition) is 2. The van der Waals surface area contributed by atoms with Crippen molar-refractivity contribution < 1.29 is 27.1 Å². The molecule has 0 aromatic heterocycles. The first-order chi connectivity index (χ1) is 15.3. The zero-order valence-corrected chi connectivity index (χ0v) is 18.2. The van der Waals surface area contributed by atoms with Crippen molar-refractivity contribution in [1.82, 2.24) is 9.62 Å². The van der Waals surface area contributed by atoms with Gasteiger partial charge in [0.25, 0.3) is 0 Å². The van der Waals surface area contributed by atoms with Crippen LogP contribution >= 0.6 is 0 Å². The van der Waals surface area contributed by atoms with E-state index in [-0.39, 0.29) is 42.2 Å². The third kappa shape index (κ3) is 4.38. The number of rotatable bonds is 5. The van der Waals surface area contributed by atoms with Crippen LogP contribution < -0.4 is 10.6 Å². The minimum atomic E-state index is -3.89. The Morgan fingerprint density at radius 1 is 1.12 bits per heavy atom. The van der Waals surface area contributed by atoms with Crippen LogP contribution in [-0.2, 0) is 29.8 Å². The number of nitrogens with one attached hydrogen (secondary N) is 2. The highest BCUT2D eigenvalue weighted by Gasteiger charge is 2.42. The molecule has 2 saturated heterocycles. The van der Waals surface area contributed by atoms with E-state index in [0.717, 1.165) is 4.31 Å². The van der Waals surface area contributed by atoms with Crippen LogP contribution in [-0.4, -0.2) is 57.4 Å². The SMILES string of the molecule is O=C1CN(S(=O)(=O)c2cccc(NC(=O)C3(c4ccc(F)cc4)CCOCC3)c2)CCN1. The molecule has 4 rings (SSSR count). The highest BCUT2D eigenvalue weighted by atomic mass is 32.2. The van der Waals surface area contributed by atoms with Crippen molar-refractivity contribution in [3.63, 3.8) is 0 Å². The monoisotopic (exact) mass is 461 g/mol. The Kier molecular flexibility index (Phi) is 6.27. The molecule has 32 heavy (non-hydrogen) atoms. The molecule has 0 atom stereocenters. The lowest BCUT2D eigenvalue weighted by Crippen LogP contribution is -2.49. The molecular formula is C22H24FN3O5S. The van der Waals surface area contributed by atoms with Gasteiger partial charge in [-0.25, -0.2) is 12.8 Å². The quantitative estimate of drug-likeness (QED) is 0.704. The number of piperazine rings is 1. The molecule has 0 aliphatic carbocycles. The van der Waals surface area contributed by atoms with Gasteiger partial charge in [0.1, 0.15) is 5.82 Å². The second-order valence-electron chi connectivity index (χ2n) is 7.87. The second-order valence-corrected chi connectivity index (χ2v) is 9.81. The van der Waals surface area contributed by atoms with Gasteiger partial charge in [-0.3, -0.25) is 9.59 Å². The minimum Gasteiger partial charge on any atom is -0.381 e. The molecule has 2 N–H and O–H groups in total. The van der Waals surface area contributed by atoms with Gasteiger partial charge in [-0.1, -0.05) is 18.2 Å². The van der Waals surface area contributed by atoms with Gasteiger partial charge in [-0.2, -0.15) is 4.31 Å². The summed E-state index contributed by atoms with van der Waals surface area (Å²) < 4.78 is 45.9. The summed E-state index contributed by atoms with van der Waals surface area (Å²) >= 11 is 0. The number of carbonyl (C=O) groups is 2. The largest absolute Gasteiger partial charge is 0.381 e. The number of anilines is 1. The van der Waals surface area contributed by atoms with Gasteiger partial charge in [0, 0.05) is 32.0 Å². The topological polar surface area (TPSA) is 105 Å². The van der Waals surface area contributed by atoms with E-state index in [1.54, 1.807) is 24.3 Å². The molecule has 170 valence electrons. The van der Waals surface area contributed by atoms with Crippen LogP contribution in [0.4, 0.5) is 10.1 Å². The van der Waals surface area contributed by atoms with Crippen molar-refractivity contribution in [3.05, 3.63) is 59.9 Å². The van der Waals surface area contributed by atoms with Crippen molar-refractivity contribution in [3.8, 4) is 0 Å². The molecular weight excluding hydrogens is 437 g/mol. The Morgan fingerprint density at radius 3 is 2.53 bits per heavy atom. The number of sulfonamides is 1. The summed E-state index contributed by atoms with van der Waals surface area (Å²) in [6.07, 6.45) is 0.844. The van der Waals surface area contributed by atoms with E-state index >= 15 is 0 Å². The van der Waals surface area contributed by atoms with Gasteiger partial charge in [0.15, 0.2) is 0 Å². The van der Waals surface area contributed by atoms with Crippen LogP contribution in [0.15, 0.2) is 53.4 Å². The van der Waals surface area contributed by atoms with Crippen molar-refractivity contribution in [2.45, 2.75) is 23.2 Å². The summed E-state index contributed by atoms with van der Waals surface area (Å²) in [6.45, 7) is 0.953. The molecule has 2 fully saturated rings. The molecule has 8 nitrogen and oxygen atoms in total. The molecule has 2 amide bonds. The van der Waals surface area contributed by atoms with Crippen LogP contribution in [0.1, 0.15) is 18.4 Å². The van der Waals surface area contributed by atoms with Crippen molar-refractivity contribution in [2.75, 3.05) is 38.2 Å². The first kappa shape index (κ1) is 22.4. The Labute approximate surface area is 185 Å². The number of hydrogen-bond acceptors (Lipinski definition) is 5. The third-order valence-electron chi connectivity index (χ3n) is 5.91. The van der Waals surface area contributed by atoms with E-state index in [1.165, 1.54) is 24.3 Å². The maximum Gasteiger partial charge on any atom is 0.243 e. The maximum atomic E-state index is 13.4. The van der Waals surface area contributed by atoms with Gasteiger partial charge in [-0.15, -0.1) is 0 Å². The maximum absolute atomic E-state index is 13.4. The number of ether oxygens (including phenoxy) is 1. The van der Waals surface area contributed by atoms with Crippen LogP contribution in [0.3, 0.4) is 0 Å². The molecule has 0 bridgehead atoms. The minimum absolute atomic E-state index is 0.00666. The average Bonchev–Trinajstić information content (AvgIpc) is 2.80. The Morgan fingerprint density at radius 2 is 1.84 bits per heavy atom. The molecule has 0 unspecified atom stereocenters. The van der Waals surface area contributed by atoms with Gasteiger partial charge in [0.05, 0.1) is 16.9 Å². The Hall–Kier alpha value is -2.82. The molecule has 2 aromatic carbocycles. The summed E-state index contributed by atoms with van der Waals surface area (Å²) in [4.78, 5) is 25.0. The molecule has 10 heteroatoms. The normalized spacial score (nSPS) is 19.2. The lowest BCUT2D eigenvalue weighted by atomic mass is 9.73. The van der Waals surface area contributed by atoms with E-state index < -0.39 is 15.4 Å². The summed E-state index contributed by atoms with van der Waals surface area (Å²) in [6, 6.07) is 11.8. The zero-order chi connectivity index (χ0) is 22.8. The smallest absolute Gasteiger partial charge is 0.243 e. The van der Waals surface area contributed by atoms with Crippen LogP contribution in [0.5, 0.6) is 0 Å². The highest BCUT2D eigenvalue weighted by Crippen LogP contribution is 2.36. The van der Waals surface area contributed by atoms with E-state index in [2.05, 4.69) is 10.6 Å². The lowest BCUT2D eigenvalue weighted by molar-refractivity contribution is -0.125. The Bertz CT molecular complexity index is 1110. The predicted octanol–water partition coefficient (Wildman–Crippen LogP) is 1.63. The fraction of sp³-hybridized carbons (Fsp3) is 0.364. The summed E-state index contributed by atoms with van der Waals surface area (Å²) in [5.74, 6) is -1.05. The fourth-order valence-corrected chi connectivity index (χ4v) is 5.53. The van der Waals surface area contributed by atoms with Gasteiger partial charge >= 0.3 is 0 Å². The molecule has 2 aromatic rings. The van der Waals surface area contributed by atoms with Gasteiger partial charge < -0.3 is 15.4 Å². The fourth-order valence-electron chi connectivity index (χ4n) is 4.09. The first-order valence-electron chi connectivity index (χ1n) is 10.3. The van der Waals surface area contributed by atoms with Crippen LogP contribution in [0.2, 0.25) is 0 Å². The zero-order valence-electron chi connectivity index (χ0n) is 17.3. The van der Waals surface area contributed by atoms with E-state index in [9.17, 15) is 22.4 Å². The first-order valence-corrected chi connectivity index (χ1v) is 11.8. The molecule has 2 aliphatic heterocycles. The van der Waals surface area contributed by atoms with Crippen molar-refractivity contribution >= 4 is 27.5 Å². The van der Waals surface area contributed by atoms with Gasteiger partial charge in [0.2, 0.25) is 21.8 Å². The van der Waals surface area contributed by atoms with Crippen LogP contribution in [0, 0.1) is 5.82 Å². The molecule has 2 aliphatic rings. The van der Waals surface area contributed by atoms with Gasteiger partial charge in [-0.05, 0) is 48.7 Å².